The van der Waals surface area contributed by atoms with Crippen molar-refractivity contribution in [1.82, 2.24) is 10.2 Å². The summed E-state index contributed by atoms with van der Waals surface area (Å²) in [5, 5.41) is 12.8. The molecule has 3 aromatic carbocycles. The number of carbonyl (C=O) groups is 3. The average Bonchev–Trinajstić information content (AvgIpc) is 3.24. The normalized spacial score (nSPS) is 13.1. The predicted octanol–water partition coefficient (Wildman–Crippen LogP) is 5.85. The zero-order valence-corrected chi connectivity index (χ0v) is 23.1. The van der Waals surface area contributed by atoms with Crippen LogP contribution in [-0.2, 0) is 20.7 Å². The molecule has 8 nitrogen and oxygen atoms in total. The van der Waals surface area contributed by atoms with E-state index in [0.29, 0.717) is 6.42 Å². The van der Waals surface area contributed by atoms with Gasteiger partial charge in [0.1, 0.15) is 18.2 Å². The quantitative estimate of drug-likeness (QED) is 0.310. The molecule has 0 unspecified atom stereocenters. The highest BCUT2D eigenvalue weighted by molar-refractivity contribution is 5.81. The molecule has 1 aliphatic carbocycles. The third kappa shape index (κ3) is 7.20. The number of benzene rings is 3. The highest BCUT2D eigenvalue weighted by Gasteiger charge is 2.33. The molecule has 0 spiro atoms. The van der Waals surface area contributed by atoms with Crippen molar-refractivity contribution < 1.29 is 29.0 Å². The maximum absolute atomic E-state index is 13.5. The van der Waals surface area contributed by atoms with Gasteiger partial charge in [0.15, 0.2) is 0 Å². The highest BCUT2D eigenvalue weighted by Crippen LogP contribution is 2.44. The van der Waals surface area contributed by atoms with Gasteiger partial charge >= 0.3 is 18.2 Å². The van der Waals surface area contributed by atoms with Gasteiger partial charge in [0.05, 0.1) is 0 Å². The van der Waals surface area contributed by atoms with E-state index in [4.69, 9.17) is 9.47 Å². The van der Waals surface area contributed by atoms with Gasteiger partial charge in [0, 0.05) is 25.4 Å². The van der Waals surface area contributed by atoms with Crippen LogP contribution in [0, 0.1) is 0 Å². The highest BCUT2D eigenvalue weighted by atomic mass is 16.6. The summed E-state index contributed by atoms with van der Waals surface area (Å²) in [6.07, 6.45) is -0.830. The van der Waals surface area contributed by atoms with Crippen LogP contribution in [0.4, 0.5) is 9.59 Å². The summed E-state index contributed by atoms with van der Waals surface area (Å²) >= 11 is 0. The van der Waals surface area contributed by atoms with Crippen LogP contribution in [0.3, 0.4) is 0 Å². The van der Waals surface area contributed by atoms with E-state index in [0.717, 1.165) is 27.8 Å². The molecule has 210 valence electrons. The molecular weight excluding hydrogens is 508 g/mol. The van der Waals surface area contributed by atoms with Gasteiger partial charge in [-0.25, -0.2) is 14.4 Å². The summed E-state index contributed by atoms with van der Waals surface area (Å²) in [6, 6.07) is 24.1. The standard InChI is InChI=1S/C32H36N2O6/c1-32(2,3)40-30(37)33-18-11-19-34(28(29(35)36)20-22-12-5-4-6-13-22)31(38)39-21-27-25-16-9-7-14-23(25)24-15-8-10-17-26(24)27/h4-10,12-17,27-28H,11,18-21H2,1-3H3,(H,33,37)(H,35,36)/t28-/m1/s1. The fourth-order valence-electron chi connectivity index (χ4n) is 4.97. The lowest BCUT2D eigenvalue weighted by Gasteiger charge is -2.29. The first-order chi connectivity index (χ1) is 19.1. The summed E-state index contributed by atoms with van der Waals surface area (Å²) in [4.78, 5) is 39.2. The fourth-order valence-corrected chi connectivity index (χ4v) is 4.97. The lowest BCUT2D eigenvalue weighted by atomic mass is 9.98. The smallest absolute Gasteiger partial charge is 0.410 e. The summed E-state index contributed by atoms with van der Waals surface area (Å²) in [5.74, 6) is -1.28. The van der Waals surface area contributed by atoms with Crippen LogP contribution in [0.25, 0.3) is 11.1 Å². The maximum Gasteiger partial charge on any atom is 0.410 e. The van der Waals surface area contributed by atoms with E-state index in [-0.39, 0.29) is 32.0 Å². The van der Waals surface area contributed by atoms with Crippen LogP contribution in [0.15, 0.2) is 78.9 Å². The Morgan fingerprint density at radius 3 is 2.05 bits per heavy atom. The topological polar surface area (TPSA) is 105 Å². The molecule has 2 amide bonds. The number of carboxylic acids is 1. The SMILES string of the molecule is CC(C)(C)OC(=O)NCCCN(C(=O)OCC1c2ccccc2-c2ccccc21)[C@H](Cc1ccccc1)C(=O)O. The molecule has 1 atom stereocenters. The number of rotatable bonds is 10. The van der Waals surface area contributed by atoms with E-state index in [1.54, 1.807) is 20.8 Å². The predicted molar refractivity (Wildman–Crippen MR) is 152 cm³/mol. The number of hydrogen-bond donors (Lipinski definition) is 2. The first-order valence-electron chi connectivity index (χ1n) is 13.5. The number of alkyl carbamates (subject to hydrolysis) is 1. The number of ether oxygens (including phenoxy) is 2. The van der Waals surface area contributed by atoms with E-state index in [2.05, 4.69) is 17.4 Å². The maximum atomic E-state index is 13.5. The van der Waals surface area contributed by atoms with Gasteiger partial charge in [-0.3, -0.25) is 4.90 Å². The molecule has 0 heterocycles. The Kier molecular flexibility index (Phi) is 9.09. The minimum Gasteiger partial charge on any atom is -0.480 e. The Labute approximate surface area is 234 Å². The van der Waals surface area contributed by atoms with Crippen molar-refractivity contribution in [2.45, 2.75) is 51.2 Å². The summed E-state index contributed by atoms with van der Waals surface area (Å²) in [5.41, 5.74) is 4.51. The first kappa shape index (κ1) is 28.7. The molecule has 0 fully saturated rings. The molecule has 0 aliphatic heterocycles. The number of carbonyl (C=O) groups excluding carboxylic acids is 2. The van der Waals surface area contributed by atoms with Crippen LogP contribution in [0.5, 0.6) is 0 Å². The molecule has 0 saturated carbocycles. The second kappa shape index (κ2) is 12.7. The third-order valence-electron chi connectivity index (χ3n) is 6.75. The average molecular weight is 545 g/mol. The van der Waals surface area contributed by atoms with Crippen molar-refractivity contribution in [3.05, 3.63) is 95.6 Å². The van der Waals surface area contributed by atoms with Gasteiger partial charge in [-0.1, -0.05) is 78.9 Å². The number of nitrogens with one attached hydrogen (secondary N) is 1. The van der Waals surface area contributed by atoms with E-state index in [1.807, 2.05) is 66.7 Å². The fraction of sp³-hybridized carbons (Fsp3) is 0.344. The summed E-state index contributed by atoms with van der Waals surface area (Å²) < 4.78 is 11.1. The van der Waals surface area contributed by atoms with Gasteiger partial charge in [0.25, 0.3) is 0 Å². The van der Waals surface area contributed by atoms with Crippen LogP contribution < -0.4 is 5.32 Å². The van der Waals surface area contributed by atoms with Crippen LogP contribution >= 0.6 is 0 Å². The van der Waals surface area contributed by atoms with E-state index in [9.17, 15) is 19.5 Å². The molecule has 0 bridgehead atoms. The van der Waals surface area contributed by atoms with Gasteiger partial charge in [-0.15, -0.1) is 0 Å². The molecule has 8 heteroatoms. The summed E-state index contributed by atoms with van der Waals surface area (Å²) in [6.45, 7) is 5.68. The van der Waals surface area contributed by atoms with Crippen molar-refractivity contribution in [1.29, 1.82) is 0 Å². The molecule has 0 aromatic heterocycles. The minimum absolute atomic E-state index is 0.0796. The first-order valence-corrected chi connectivity index (χ1v) is 13.5. The molecule has 2 N–H and O–H groups in total. The van der Waals surface area contributed by atoms with Gasteiger partial charge in [-0.2, -0.15) is 0 Å². The Balaban J connectivity index is 1.48. The number of nitrogens with zero attached hydrogens (tertiary/aromatic N) is 1. The third-order valence-corrected chi connectivity index (χ3v) is 6.75. The lowest BCUT2D eigenvalue weighted by molar-refractivity contribution is -0.142. The van der Waals surface area contributed by atoms with Crippen LogP contribution in [-0.4, -0.2) is 59.5 Å². The molecule has 0 radical (unpaired) electrons. The van der Waals surface area contributed by atoms with Crippen molar-refractivity contribution >= 4 is 18.2 Å². The Morgan fingerprint density at radius 2 is 1.48 bits per heavy atom. The minimum atomic E-state index is -1.14. The number of amides is 2. The van der Waals surface area contributed by atoms with Crippen LogP contribution in [0.1, 0.15) is 49.8 Å². The van der Waals surface area contributed by atoms with Crippen LogP contribution in [0.2, 0.25) is 0 Å². The number of carboxylic acid groups (broad SMARTS) is 1. The molecule has 3 aromatic rings. The number of fused-ring (bicyclic) bond motifs is 3. The van der Waals surface area contributed by atoms with Gasteiger partial charge < -0.3 is 19.9 Å². The molecule has 4 rings (SSSR count). The monoisotopic (exact) mass is 544 g/mol. The second-order valence-corrected chi connectivity index (χ2v) is 10.8. The molecule has 0 saturated heterocycles. The Morgan fingerprint density at radius 1 is 0.900 bits per heavy atom. The van der Waals surface area contributed by atoms with Gasteiger partial charge in [0.2, 0.25) is 0 Å². The van der Waals surface area contributed by atoms with Crippen molar-refractivity contribution in [2.75, 3.05) is 19.7 Å². The molecule has 1 aliphatic rings. The van der Waals surface area contributed by atoms with Gasteiger partial charge in [-0.05, 0) is 55.0 Å². The Hall–Kier alpha value is -4.33. The van der Waals surface area contributed by atoms with E-state index in [1.165, 1.54) is 4.90 Å². The largest absolute Gasteiger partial charge is 0.480 e. The Bertz CT molecular complexity index is 1290. The van der Waals surface area contributed by atoms with E-state index < -0.39 is 29.8 Å². The molecular formula is C32H36N2O6. The van der Waals surface area contributed by atoms with Crippen molar-refractivity contribution in [3.63, 3.8) is 0 Å². The lowest BCUT2D eigenvalue weighted by Crippen LogP contribution is -2.48. The zero-order chi connectivity index (χ0) is 28.7. The number of hydrogen-bond acceptors (Lipinski definition) is 5. The van der Waals surface area contributed by atoms with E-state index >= 15 is 0 Å². The zero-order valence-electron chi connectivity index (χ0n) is 23.1. The number of aliphatic carboxylic acids is 1. The van der Waals surface area contributed by atoms with Crippen molar-refractivity contribution in [3.8, 4) is 11.1 Å². The second-order valence-electron chi connectivity index (χ2n) is 10.8. The van der Waals surface area contributed by atoms with Crippen molar-refractivity contribution in [2.24, 2.45) is 0 Å². The molecule has 40 heavy (non-hydrogen) atoms. The summed E-state index contributed by atoms with van der Waals surface area (Å²) in [7, 11) is 0.